The normalized spacial score (nSPS) is 14.6. The van der Waals surface area contributed by atoms with E-state index < -0.39 is 4.92 Å². The Balaban J connectivity index is 1.46. The first-order chi connectivity index (χ1) is 14.6. The van der Waals surface area contributed by atoms with Crippen LogP contribution in [0.2, 0.25) is 0 Å². The van der Waals surface area contributed by atoms with Gasteiger partial charge in [-0.25, -0.2) is 0 Å². The van der Waals surface area contributed by atoms with Gasteiger partial charge >= 0.3 is 5.69 Å². The van der Waals surface area contributed by atoms with Gasteiger partial charge in [0.2, 0.25) is 17.6 Å². The lowest BCUT2D eigenvalue weighted by molar-refractivity contribution is -0.383. The Morgan fingerprint density at radius 1 is 1.17 bits per heavy atom. The second-order valence-corrected chi connectivity index (χ2v) is 7.42. The van der Waals surface area contributed by atoms with Crippen molar-refractivity contribution in [3.05, 3.63) is 70.2 Å². The third kappa shape index (κ3) is 4.51. The lowest BCUT2D eigenvalue weighted by atomic mass is 9.90. The van der Waals surface area contributed by atoms with Gasteiger partial charge in [-0.1, -0.05) is 30.3 Å². The van der Waals surface area contributed by atoms with Gasteiger partial charge < -0.3 is 20.4 Å². The maximum absolute atomic E-state index is 11.5. The monoisotopic (exact) mass is 408 g/mol. The van der Waals surface area contributed by atoms with Gasteiger partial charge in [0.25, 0.3) is 0 Å². The van der Waals surface area contributed by atoms with E-state index in [0.717, 1.165) is 32.4 Å². The average molecular weight is 408 g/mol. The van der Waals surface area contributed by atoms with Crippen molar-refractivity contribution in [3.63, 3.8) is 0 Å². The highest BCUT2D eigenvalue weighted by atomic mass is 16.6. The molecule has 3 N–H and O–H groups in total. The maximum atomic E-state index is 11.5. The zero-order chi connectivity index (χ0) is 20.9. The maximum Gasteiger partial charge on any atom is 0.353 e. The van der Waals surface area contributed by atoms with Crippen molar-refractivity contribution in [2.24, 2.45) is 5.92 Å². The number of nitro groups is 1. The highest BCUT2D eigenvalue weighted by molar-refractivity contribution is 5.70. The van der Waals surface area contributed by atoms with Gasteiger partial charge in [0.05, 0.1) is 17.7 Å². The number of furan rings is 1. The van der Waals surface area contributed by atoms with E-state index in [4.69, 9.17) is 10.2 Å². The van der Waals surface area contributed by atoms with Gasteiger partial charge in [0.15, 0.2) is 0 Å². The minimum absolute atomic E-state index is 0.102. The topological polar surface area (TPSA) is 123 Å². The van der Waals surface area contributed by atoms with Crippen molar-refractivity contribution in [1.82, 2.24) is 9.97 Å². The van der Waals surface area contributed by atoms with Crippen molar-refractivity contribution >= 4 is 23.3 Å². The fraction of sp³-hybridized carbons (Fsp3) is 0.333. The summed E-state index contributed by atoms with van der Waals surface area (Å²) in [6.45, 7) is 1.83. The number of benzene rings is 1. The molecule has 1 fully saturated rings. The van der Waals surface area contributed by atoms with Crippen LogP contribution in [-0.2, 0) is 13.0 Å². The molecule has 0 aliphatic carbocycles. The molecule has 3 aromatic rings. The highest BCUT2D eigenvalue weighted by Crippen LogP contribution is 2.32. The third-order valence-electron chi connectivity index (χ3n) is 5.36. The van der Waals surface area contributed by atoms with Crippen molar-refractivity contribution in [3.8, 4) is 0 Å². The molecule has 3 heterocycles. The number of hydrogen-bond acceptors (Lipinski definition) is 8. The number of nitrogens with one attached hydrogen (secondary N) is 1. The molecule has 0 spiro atoms. The summed E-state index contributed by atoms with van der Waals surface area (Å²) >= 11 is 0. The Morgan fingerprint density at radius 2 is 1.93 bits per heavy atom. The Bertz CT molecular complexity index is 985. The molecule has 9 nitrogen and oxygen atoms in total. The Kier molecular flexibility index (Phi) is 5.78. The second-order valence-electron chi connectivity index (χ2n) is 7.42. The van der Waals surface area contributed by atoms with Crippen molar-refractivity contribution < 1.29 is 9.34 Å². The summed E-state index contributed by atoms with van der Waals surface area (Å²) in [6.07, 6.45) is 4.60. The molecule has 2 aromatic heterocycles. The molecule has 0 saturated carbocycles. The molecular weight excluding hydrogens is 384 g/mol. The van der Waals surface area contributed by atoms with Gasteiger partial charge in [0.1, 0.15) is 5.76 Å². The SMILES string of the molecule is Nc1nc(N2CCC(Cc3ccccc3)CC2)nc(NCc2ccco2)c1[N+](=O)[O-]. The molecule has 30 heavy (non-hydrogen) atoms. The molecule has 0 bridgehead atoms. The predicted molar refractivity (Wildman–Crippen MR) is 114 cm³/mol. The Morgan fingerprint density at radius 3 is 2.60 bits per heavy atom. The number of nitrogens with two attached hydrogens (primary N) is 1. The van der Waals surface area contributed by atoms with Crippen molar-refractivity contribution in [2.75, 3.05) is 29.0 Å². The molecule has 4 rings (SSSR count). The standard InChI is InChI=1S/C21H24N6O3/c22-19-18(27(28)29)20(23-14-17-7-4-12-30-17)25-21(24-19)26-10-8-16(9-11-26)13-15-5-2-1-3-6-15/h1-7,12,16H,8-11,13-14H2,(H3,22,23,24,25). The predicted octanol–water partition coefficient (Wildman–Crippen LogP) is 3.63. The lowest BCUT2D eigenvalue weighted by Gasteiger charge is -2.32. The van der Waals surface area contributed by atoms with Gasteiger partial charge in [-0.2, -0.15) is 9.97 Å². The first-order valence-electron chi connectivity index (χ1n) is 9.97. The first-order valence-corrected chi connectivity index (χ1v) is 9.97. The number of nitrogen functional groups attached to an aromatic ring is 1. The summed E-state index contributed by atoms with van der Waals surface area (Å²) in [5.41, 5.74) is 6.95. The summed E-state index contributed by atoms with van der Waals surface area (Å²) in [6, 6.07) is 14.0. The van der Waals surface area contributed by atoms with Gasteiger partial charge in [-0.05, 0) is 42.9 Å². The number of anilines is 3. The molecule has 0 unspecified atom stereocenters. The zero-order valence-corrected chi connectivity index (χ0v) is 16.5. The number of hydrogen-bond donors (Lipinski definition) is 2. The van der Waals surface area contributed by atoms with Crippen LogP contribution in [0.4, 0.5) is 23.3 Å². The van der Waals surface area contributed by atoms with Crippen molar-refractivity contribution in [1.29, 1.82) is 0 Å². The van der Waals surface area contributed by atoms with E-state index in [9.17, 15) is 10.1 Å². The molecular formula is C21H24N6O3. The molecule has 156 valence electrons. The van der Waals surface area contributed by atoms with E-state index in [1.165, 1.54) is 5.56 Å². The number of nitrogens with zero attached hydrogens (tertiary/aromatic N) is 4. The van der Waals surface area contributed by atoms with E-state index in [0.29, 0.717) is 17.6 Å². The van der Waals surface area contributed by atoms with Crippen LogP contribution in [0, 0.1) is 16.0 Å². The second kappa shape index (κ2) is 8.81. The summed E-state index contributed by atoms with van der Waals surface area (Å²) in [5, 5.41) is 14.4. The average Bonchev–Trinajstić information content (AvgIpc) is 3.26. The lowest BCUT2D eigenvalue weighted by Crippen LogP contribution is -2.35. The first kappa shape index (κ1) is 19.7. The summed E-state index contributed by atoms with van der Waals surface area (Å²) < 4.78 is 5.28. The summed E-state index contributed by atoms with van der Waals surface area (Å²) in [5.74, 6) is 1.61. The van der Waals surface area contributed by atoms with Crippen LogP contribution >= 0.6 is 0 Å². The minimum Gasteiger partial charge on any atom is -0.467 e. The zero-order valence-electron chi connectivity index (χ0n) is 16.5. The van der Waals surface area contributed by atoms with E-state index in [2.05, 4.69) is 39.6 Å². The summed E-state index contributed by atoms with van der Waals surface area (Å²) in [7, 11) is 0. The van der Waals surface area contributed by atoms with Crippen LogP contribution in [0.3, 0.4) is 0 Å². The third-order valence-corrected chi connectivity index (χ3v) is 5.36. The van der Waals surface area contributed by atoms with Gasteiger partial charge in [-0.15, -0.1) is 0 Å². The van der Waals surface area contributed by atoms with Crippen LogP contribution in [0.15, 0.2) is 53.1 Å². The Hall–Kier alpha value is -3.62. The molecule has 1 aliphatic heterocycles. The van der Waals surface area contributed by atoms with E-state index in [-0.39, 0.29) is 23.9 Å². The number of rotatable bonds is 7. The van der Waals surface area contributed by atoms with Crippen LogP contribution in [0.1, 0.15) is 24.2 Å². The van der Waals surface area contributed by atoms with Crippen molar-refractivity contribution in [2.45, 2.75) is 25.8 Å². The van der Waals surface area contributed by atoms with Gasteiger partial charge in [0, 0.05) is 13.1 Å². The van der Waals surface area contributed by atoms with E-state index in [1.807, 2.05) is 11.0 Å². The van der Waals surface area contributed by atoms with Crippen LogP contribution in [0.25, 0.3) is 0 Å². The molecule has 9 heteroatoms. The fourth-order valence-corrected chi connectivity index (χ4v) is 3.77. The fourth-order valence-electron chi connectivity index (χ4n) is 3.77. The molecule has 1 aliphatic rings. The summed E-state index contributed by atoms with van der Waals surface area (Å²) in [4.78, 5) is 21.6. The number of aromatic nitrogens is 2. The highest BCUT2D eigenvalue weighted by Gasteiger charge is 2.27. The van der Waals surface area contributed by atoms with E-state index >= 15 is 0 Å². The van der Waals surface area contributed by atoms with E-state index in [1.54, 1.807) is 18.4 Å². The largest absolute Gasteiger partial charge is 0.467 e. The van der Waals surface area contributed by atoms with Crippen LogP contribution in [-0.4, -0.2) is 28.0 Å². The Labute approximate surface area is 174 Å². The molecule has 0 atom stereocenters. The smallest absolute Gasteiger partial charge is 0.353 e. The molecule has 0 amide bonds. The quantitative estimate of drug-likeness (QED) is 0.449. The molecule has 1 saturated heterocycles. The number of piperidine rings is 1. The van der Waals surface area contributed by atoms with Crippen LogP contribution in [0.5, 0.6) is 0 Å². The minimum atomic E-state index is -0.560. The van der Waals surface area contributed by atoms with Gasteiger partial charge in [-0.3, -0.25) is 10.1 Å². The molecule has 1 aromatic carbocycles. The molecule has 0 radical (unpaired) electrons. The van der Waals surface area contributed by atoms with Crippen LogP contribution < -0.4 is 16.0 Å².